The number of rotatable bonds is 7. The Labute approximate surface area is 208 Å². The minimum atomic E-state index is -0.297. The van der Waals surface area contributed by atoms with Gasteiger partial charge in [0.1, 0.15) is 0 Å². The van der Waals surface area contributed by atoms with Crippen molar-refractivity contribution in [3.05, 3.63) is 113 Å². The van der Waals surface area contributed by atoms with Gasteiger partial charge in [0, 0.05) is 16.7 Å². The fraction of sp³-hybridized carbons (Fsp3) is 0.111. The summed E-state index contributed by atoms with van der Waals surface area (Å²) in [5, 5.41) is 21.4. The van der Waals surface area contributed by atoms with E-state index in [1.165, 1.54) is 4.80 Å². The molecule has 5 rings (SSSR count). The molecule has 0 atom stereocenters. The molecule has 178 valence electrons. The lowest BCUT2D eigenvalue weighted by Gasteiger charge is -2.04. The third-order valence-electron chi connectivity index (χ3n) is 5.73. The van der Waals surface area contributed by atoms with Crippen LogP contribution in [0.3, 0.4) is 0 Å². The van der Waals surface area contributed by atoms with Crippen molar-refractivity contribution in [1.82, 2.24) is 35.4 Å². The van der Waals surface area contributed by atoms with Gasteiger partial charge >= 0.3 is 0 Å². The van der Waals surface area contributed by atoms with Crippen LogP contribution in [-0.2, 0) is 6.54 Å². The Morgan fingerprint density at radius 2 is 1.61 bits per heavy atom. The van der Waals surface area contributed by atoms with Crippen LogP contribution in [0.5, 0.6) is 0 Å². The molecule has 0 aliphatic carbocycles. The molecule has 36 heavy (non-hydrogen) atoms. The van der Waals surface area contributed by atoms with E-state index in [1.807, 2.05) is 91.3 Å². The van der Waals surface area contributed by atoms with Gasteiger partial charge in [0.25, 0.3) is 5.91 Å². The highest BCUT2D eigenvalue weighted by molar-refractivity contribution is 5.95. The molecule has 5 aromatic rings. The van der Waals surface area contributed by atoms with Gasteiger partial charge in [0.15, 0.2) is 0 Å². The number of hydrazone groups is 1. The Morgan fingerprint density at radius 1 is 0.917 bits per heavy atom. The summed E-state index contributed by atoms with van der Waals surface area (Å²) in [5.74, 6) is 0.276. The molecule has 0 saturated heterocycles. The SMILES string of the molecule is Cc1nn(-c2ccccc2)c(C)c1/C=N\NC(=O)c1ccc(Cn2nnc(-c3ccccc3)n2)cc1. The summed E-state index contributed by atoms with van der Waals surface area (Å²) in [6.45, 7) is 4.34. The van der Waals surface area contributed by atoms with E-state index >= 15 is 0 Å². The van der Waals surface area contributed by atoms with Gasteiger partial charge in [-0.25, -0.2) is 10.1 Å². The lowest BCUT2D eigenvalue weighted by atomic mass is 10.1. The summed E-state index contributed by atoms with van der Waals surface area (Å²) in [6.07, 6.45) is 1.63. The fourth-order valence-electron chi connectivity index (χ4n) is 3.82. The second-order valence-electron chi connectivity index (χ2n) is 8.24. The van der Waals surface area contributed by atoms with Crippen molar-refractivity contribution in [3.63, 3.8) is 0 Å². The van der Waals surface area contributed by atoms with Crippen molar-refractivity contribution in [3.8, 4) is 17.1 Å². The smallest absolute Gasteiger partial charge is 0.267 e. The average molecular weight is 477 g/mol. The maximum atomic E-state index is 12.6. The van der Waals surface area contributed by atoms with E-state index in [0.717, 1.165) is 33.8 Å². The van der Waals surface area contributed by atoms with Crippen LogP contribution in [0, 0.1) is 13.8 Å². The standard InChI is InChI=1S/C27H24N8O/c1-19-25(20(2)35(31-19)24-11-7-4-8-12-24)17-28-30-27(36)23-15-13-21(14-16-23)18-34-32-26(29-33-34)22-9-5-3-6-10-22/h3-17H,18H2,1-2H3,(H,30,36)/b28-17-. The van der Waals surface area contributed by atoms with Crippen LogP contribution in [0.4, 0.5) is 0 Å². The van der Waals surface area contributed by atoms with E-state index < -0.39 is 0 Å². The van der Waals surface area contributed by atoms with E-state index in [2.05, 4.69) is 31.0 Å². The second kappa shape index (κ2) is 10.1. The van der Waals surface area contributed by atoms with Crippen LogP contribution >= 0.6 is 0 Å². The number of nitrogens with one attached hydrogen (secondary N) is 1. The Bertz CT molecular complexity index is 1500. The van der Waals surface area contributed by atoms with Crippen molar-refractivity contribution >= 4 is 12.1 Å². The first kappa shape index (κ1) is 22.9. The molecule has 1 amide bonds. The summed E-state index contributed by atoms with van der Waals surface area (Å²) < 4.78 is 1.87. The van der Waals surface area contributed by atoms with Gasteiger partial charge in [-0.3, -0.25) is 4.79 Å². The lowest BCUT2D eigenvalue weighted by Crippen LogP contribution is -2.17. The van der Waals surface area contributed by atoms with Crippen molar-refractivity contribution in [1.29, 1.82) is 0 Å². The number of tetrazole rings is 1. The number of hydrogen-bond donors (Lipinski definition) is 1. The highest BCUT2D eigenvalue weighted by Gasteiger charge is 2.12. The number of aromatic nitrogens is 6. The topological polar surface area (TPSA) is 103 Å². The molecule has 0 saturated carbocycles. The summed E-state index contributed by atoms with van der Waals surface area (Å²) in [4.78, 5) is 14.1. The number of para-hydroxylation sites is 1. The molecule has 9 heteroatoms. The van der Waals surface area contributed by atoms with Crippen molar-refractivity contribution in [2.45, 2.75) is 20.4 Å². The second-order valence-corrected chi connectivity index (χ2v) is 8.24. The largest absolute Gasteiger partial charge is 0.271 e. The number of benzene rings is 3. The number of aryl methyl sites for hydroxylation is 1. The van der Waals surface area contributed by atoms with Crippen LogP contribution in [-0.4, -0.2) is 42.1 Å². The number of carbonyl (C=O) groups is 1. The van der Waals surface area contributed by atoms with E-state index in [0.29, 0.717) is 17.9 Å². The van der Waals surface area contributed by atoms with Gasteiger partial charge in [0.05, 0.1) is 29.8 Å². The number of nitrogens with zero attached hydrogens (tertiary/aromatic N) is 7. The molecular formula is C27H24N8O. The lowest BCUT2D eigenvalue weighted by molar-refractivity contribution is 0.0955. The normalized spacial score (nSPS) is 11.2. The maximum absolute atomic E-state index is 12.6. The molecule has 2 heterocycles. The third-order valence-corrected chi connectivity index (χ3v) is 5.73. The molecule has 9 nitrogen and oxygen atoms in total. The van der Waals surface area contributed by atoms with E-state index in [-0.39, 0.29) is 5.91 Å². The molecule has 0 aliphatic rings. The van der Waals surface area contributed by atoms with Crippen LogP contribution in [0.2, 0.25) is 0 Å². The minimum Gasteiger partial charge on any atom is -0.267 e. The van der Waals surface area contributed by atoms with Gasteiger partial charge in [-0.15, -0.1) is 10.2 Å². The van der Waals surface area contributed by atoms with Crippen LogP contribution in [0.15, 0.2) is 90.0 Å². The third kappa shape index (κ3) is 4.95. The van der Waals surface area contributed by atoms with Gasteiger partial charge in [-0.2, -0.15) is 15.0 Å². The van der Waals surface area contributed by atoms with E-state index in [1.54, 1.807) is 18.3 Å². The summed E-state index contributed by atoms with van der Waals surface area (Å²) >= 11 is 0. The molecule has 3 aromatic carbocycles. The minimum absolute atomic E-state index is 0.297. The molecule has 0 aliphatic heterocycles. The fourth-order valence-corrected chi connectivity index (χ4v) is 3.82. The number of hydrogen-bond acceptors (Lipinski definition) is 6. The highest BCUT2D eigenvalue weighted by Crippen LogP contribution is 2.16. The zero-order chi connectivity index (χ0) is 24.9. The average Bonchev–Trinajstić information content (AvgIpc) is 3.50. The predicted octanol–water partition coefficient (Wildman–Crippen LogP) is 3.95. The first-order valence-electron chi connectivity index (χ1n) is 11.5. The van der Waals surface area contributed by atoms with Crippen molar-refractivity contribution < 1.29 is 4.79 Å². The quantitative estimate of drug-likeness (QED) is 0.283. The van der Waals surface area contributed by atoms with Gasteiger partial charge in [-0.05, 0) is 48.9 Å². The molecule has 2 aromatic heterocycles. The summed E-state index contributed by atoms with van der Waals surface area (Å²) in [7, 11) is 0. The Hall–Kier alpha value is -4.92. The molecule has 1 N–H and O–H groups in total. The van der Waals surface area contributed by atoms with Gasteiger partial charge in [-0.1, -0.05) is 60.7 Å². The summed E-state index contributed by atoms with van der Waals surface area (Å²) in [5.41, 5.74) is 8.57. The first-order chi connectivity index (χ1) is 17.6. The zero-order valence-corrected chi connectivity index (χ0v) is 19.9. The number of amides is 1. The molecule has 0 bridgehead atoms. The predicted molar refractivity (Wildman–Crippen MR) is 137 cm³/mol. The van der Waals surface area contributed by atoms with Gasteiger partial charge < -0.3 is 0 Å². The van der Waals surface area contributed by atoms with Crippen molar-refractivity contribution in [2.75, 3.05) is 0 Å². The van der Waals surface area contributed by atoms with Gasteiger partial charge in [0.2, 0.25) is 5.82 Å². The molecule has 0 fully saturated rings. The molecule has 0 spiro atoms. The van der Waals surface area contributed by atoms with Crippen LogP contribution in [0.1, 0.15) is 32.9 Å². The Morgan fingerprint density at radius 3 is 2.33 bits per heavy atom. The first-order valence-corrected chi connectivity index (χ1v) is 11.5. The van der Waals surface area contributed by atoms with Crippen LogP contribution in [0.25, 0.3) is 17.1 Å². The van der Waals surface area contributed by atoms with E-state index in [4.69, 9.17) is 0 Å². The molecular weight excluding hydrogens is 452 g/mol. The molecule has 0 unspecified atom stereocenters. The Balaban J connectivity index is 1.21. The van der Waals surface area contributed by atoms with Crippen LogP contribution < -0.4 is 5.43 Å². The Kier molecular flexibility index (Phi) is 6.44. The van der Waals surface area contributed by atoms with E-state index in [9.17, 15) is 4.79 Å². The highest BCUT2D eigenvalue weighted by atomic mass is 16.2. The zero-order valence-electron chi connectivity index (χ0n) is 19.9. The summed E-state index contributed by atoms with van der Waals surface area (Å²) in [6, 6.07) is 26.8. The maximum Gasteiger partial charge on any atom is 0.271 e. The van der Waals surface area contributed by atoms with Crippen molar-refractivity contribution in [2.24, 2.45) is 5.10 Å². The monoisotopic (exact) mass is 476 g/mol. The molecule has 0 radical (unpaired) electrons. The number of carbonyl (C=O) groups excluding carboxylic acids is 1.